The van der Waals surface area contributed by atoms with E-state index in [0.29, 0.717) is 0 Å². The van der Waals surface area contributed by atoms with Gasteiger partial charge in [0.05, 0.1) is 38.6 Å². The number of aliphatic hydroxyl groups excluding tert-OH is 2. The summed E-state index contributed by atoms with van der Waals surface area (Å²) >= 11 is 0. The third kappa shape index (κ3) is 15.9. The molecule has 10 nitrogen and oxygen atoms in total. The molecule has 0 aromatic rings. The lowest BCUT2D eigenvalue weighted by atomic mass is 10.4. The van der Waals surface area contributed by atoms with Crippen molar-refractivity contribution in [3.8, 4) is 0 Å². The monoisotopic (exact) mass is 382 g/mol. The van der Waals surface area contributed by atoms with Gasteiger partial charge in [-0.1, -0.05) is 0 Å². The Bertz CT molecular complexity index is 349. The van der Waals surface area contributed by atoms with E-state index in [0.717, 1.165) is 0 Å². The molecule has 0 amide bonds. The highest BCUT2D eigenvalue weighted by Gasteiger charge is 2.13. The zero-order valence-corrected chi connectivity index (χ0v) is 15.7. The highest BCUT2D eigenvalue weighted by molar-refractivity contribution is 5.60. The first-order valence-electron chi connectivity index (χ1n) is 8.39. The fourth-order valence-electron chi connectivity index (χ4n) is 1.46. The molecule has 0 spiro atoms. The summed E-state index contributed by atoms with van der Waals surface area (Å²) in [6.45, 7) is 6.83. The first-order chi connectivity index (χ1) is 12.2. The van der Waals surface area contributed by atoms with Gasteiger partial charge in [-0.3, -0.25) is 0 Å². The number of rotatable bonds is 13. The Balaban J connectivity index is 3.59. The molecule has 0 saturated carbocycles. The van der Waals surface area contributed by atoms with Crippen LogP contribution in [0.5, 0.6) is 0 Å². The average Bonchev–Trinajstić information content (AvgIpc) is 2.54. The third-order valence-corrected chi connectivity index (χ3v) is 2.56. The summed E-state index contributed by atoms with van der Waals surface area (Å²) in [6.07, 6.45) is -4.27. The van der Waals surface area contributed by atoms with Crippen molar-refractivity contribution in [3.63, 3.8) is 0 Å². The van der Waals surface area contributed by atoms with Crippen LogP contribution >= 0.6 is 0 Å². The molecule has 4 unspecified atom stereocenters. The normalized spacial score (nSPS) is 15.5. The van der Waals surface area contributed by atoms with E-state index in [1.165, 1.54) is 13.8 Å². The predicted octanol–water partition coefficient (Wildman–Crippen LogP) is 0.865. The SMILES string of the molecule is CC(O)COC(=O)OC(C)COCCOCC(C)OC(=O)OCC(C)O. The first kappa shape index (κ1) is 24.4. The summed E-state index contributed by atoms with van der Waals surface area (Å²) in [4.78, 5) is 22.5. The molecule has 154 valence electrons. The lowest BCUT2D eigenvalue weighted by molar-refractivity contribution is -0.0443. The maximum absolute atomic E-state index is 11.2. The summed E-state index contributed by atoms with van der Waals surface area (Å²) < 4.78 is 29.7. The molecular weight excluding hydrogens is 352 g/mol. The van der Waals surface area contributed by atoms with Crippen molar-refractivity contribution in [2.45, 2.75) is 52.1 Å². The van der Waals surface area contributed by atoms with Gasteiger partial charge in [0.15, 0.2) is 0 Å². The van der Waals surface area contributed by atoms with E-state index in [9.17, 15) is 9.59 Å². The maximum Gasteiger partial charge on any atom is 0.508 e. The Morgan fingerprint density at radius 2 is 1.04 bits per heavy atom. The largest absolute Gasteiger partial charge is 0.508 e. The fraction of sp³-hybridized carbons (Fsp3) is 0.875. The van der Waals surface area contributed by atoms with Gasteiger partial charge in [0.25, 0.3) is 0 Å². The maximum atomic E-state index is 11.2. The highest BCUT2D eigenvalue weighted by atomic mass is 16.7. The molecule has 0 bridgehead atoms. The van der Waals surface area contributed by atoms with Gasteiger partial charge in [-0.15, -0.1) is 0 Å². The quantitative estimate of drug-likeness (QED) is 0.349. The zero-order chi connectivity index (χ0) is 19.9. The highest BCUT2D eigenvalue weighted by Crippen LogP contribution is 1.99. The summed E-state index contributed by atoms with van der Waals surface area (Å²) in [7, 11) is 0. The molecule has 0 rings (SSSR count). The molecule has 0 radical (unpaired) electrons. The van der Waals surface area contributed by atoms with Crippen LogP contribution in [-0.2, 0) is 28.4 Å². The molecule has 2 N–H and O–H groups in total. The van der Waals surface area contributed by atoms with E-state index < -0.39 is 36.7 Å². The van der Waals surface area contributed by atoms with Gasteiger partial charge in [-0.2, -0.15) is 0 Å². The van der Waals surface area contributed by atoms with Crippen LogP contribution < -0.4 is 0 Å². The molecular formula is C16H30O10. The van der Waals surface area contributed by atoms with Gasteiger partial charge in [0.2, 0.25) is 0 Å². The summed E-state index contributed by atoms with van der Waals surface area (Å²) in [5.41, 5.74) is 0. The number of aliphatic hydroxyl groups is 2. The predicted molar refractivity (Wildman–Crippen MR) is 88.8 cm³/mol. The van der Waals surface area contributed by atoms with Crippen molar-refractivity contribution >= 4 is 12.3 Å². The Hall–Kier alpha value is -1.62. The lowest BCUT2D eigenvalue weighted by Crippen LogP contribution is -2.25. The van der Waals surface area contributed by atoms with E-state index in [2.05, 4.69) is 9.47 Å². The van der Waals surface area contributed by atoms with Crippen molar-refractivity contribution in [1.82, 2.24) is 0 Å². The number of hydrogen-bond acceptors (Lipinski definition) is 10. The second-order valence-corrected chi connectivity index (χ2v) is 5.83. The molecule has 0 saturated heterocycles. The van der Waals surface area contributed by atoms with Crippen LogP contribution in [0.2, 0.25) is 0 Å². The van der Waals surface area contributed by atoms with Crippen molar-refractivity contribution < 1.29 is 48.2 Å². The van der Waals surface area contributed by atoms with Gasteiger partial charge < -0.3 is 38.6 Å². The first-order valence-corrected chi connectivity index (χ1v) is 8.39. The van der Waals surface area contributed by atoms with Gasteiger partial charge >= 0.3 is 12.3 Å². The Morgan fingerprint density at radius 1 is 0.692 bits per heavy atom. The standard InChI is InChI=1S/C16H30O10/c1-11(17)7-23-15(19)25-13(3)9-21-5-6-22-10-14(4)26-16(20)24-8-12(2)18/h11-14,17-18H,5-10H2,1-4H3. The Kier molecular flexibility index (Phi) is 13.6. The van der Waals surface area contributed by atoms with E-state index in [1.54, 1.807) is 13.8 Å². The van der Waals surface area contributed by atoms with Crippen molar-refractivity contribution in [3.05, 3.63) is 0 Å². The van der Waals surface area contributed by atoms with E-state index in [-0.39, 0.29) is 39.6 Å². The van der Waals surface area contributed by atoms with Crippen LogP contribution in [0.3, 0.4) is 0 Å². The second-order valence-electron chi connectivity index (χ2n) is 5.83. The summed E-state index contributed by atoms with van der Waals surface area (Å²) in [6, 6.07) is 0. The average molecular weight is 382 g/mol. The van der Waals surface area contributed by atoms with Crippen molar-refractivity contribution in [2.24, 2.45) is 0 Å². The van der Waals surface area contributed by atoms with Crippen LogP contribution in [0.1, 0.15) is 27.7 Å². The summed E-state index contributed by atoms with van der Waals surface area (Å²) in [5.74, 6) is 0. The molecule has 4 atom stereocenters. The van der Waals surface area contributed by atoms with Crippen molar-refractivity contribution in [1.29, 1.82) is 0 Å². The molecule has 10 heteroatoms. The van der Waals surface area contributed by atoms with E-state index >= 15 is 0 Å². The lowest BCUT2D eigenvalue weighted by Gasteiger charge is -2.15. The van der Waals surface area contributed by atoms with E-state index in [4.69, 9.17) is 29.2 Å². The molecule has 0 aromatic carbocycles. The topological polar surface area (TPSA) is 130 Å². The van der Waals surface area contributed by atoms with Crippen LogP contribution in [-0.4, -0.2) is 86.6 Å². The Labute approximate surface area is 153 Å². The number of carbonyl (C=O) groups excluding carboxylic acids is 2. The van der Waals surface area contributed by atoms with Crippen LogP contribution in [0.25, 0.3) is 0 Å². The van der Waals surface area contributed by atoms with Crippen LogP contribution in [0.4, 0.5) is 9.59 Å². The minimum atomic E-state index is -0.869. The zero-order valence-electron chi connectivity index (χ0n) is 15.7. The smallest absolute Gasteiger partial charge is 0.432 e. The molecule has 0 aliphatic carbocycles. The number of ether oxygens (including phenoxy) is 6. The molecule has 0 heterocycles. The molecule has 0 aliphatic heterocycles. The number of carbonyl (C=O) groups is 2. The number of hydrogen-bond donors (Lipinski definition) is 2. The van der Waals surface area contributed by atoms with Crippen LogP contribution in [0, 0.1) is 0 Å². The molecule has 0 aliphatic rings. The summed E-state index contributed by atoms with van der Waals surface area (Å²) in [5, 5.41) is 18.0. The molecule has 0 aromatic heterocycles. The van der Waals surface area contributed by atoms with E-state index in [1.807, 2.05) is 0 Å². The second kappa shape index (κ2) is 14.5. The molecule has 0 fully saturated rings. The minimum Gasteiger partial charge on any atom is -0.432 e. The van der Waals surface area contributed by atoms with Crippen LogP contribution in [0.15, 0.2) is 0 Å². The Morgan fingerprint density at radius 3 is 1.35 bits per heavy atom. The minimum absolute atomic E-state index is 0.132. The van der Waals surface area contributed by atoms with Gasteiger partial charge in [-0.05, 0) is 27.7 Å². The van der Waals surface area contributed by atoms with Gasteiger partial charge in [-0.25, -0.2) is 9.59 Å². The van der Waals surface area contributed by atoms with Gasteiger partial charge in [0, 0.05) is 0 Å². The van der Waals surface area contributed by atoms with Gasteiger partial charge in [0.1, 0.15) is 25.4 Å². The third-order valence-electron chi connectivity index (χ3n) is 2.56. The molecule has 26 heavy (non-hydrogen) atoms. The van der Waals surface area contributed by atoms with Crippen molar-refractivity contribution in [2.75, 3.05) is 39.6 Å². The fourth-order valence-corrected chi connectivity index (χ4v) is 1.46.